The first-order chi connectivity index (χ1) is 14.4. The average molecular weight is 434 g/mol. The highest BCUT2D eigenvalue weighted by Crippen LogP contribution is 2.39. The normalized spacial score (nSPS) is 34.2. The van der Waals surface area contributed by atoms with E-state index in [1.807, 2.05) is 25.1 Å². The maximum absolute atomic E-state index is 13.4. The Bertz CT molecular complexity index is 817. The van der Waals surface area contributed by atoms with Crippen LogP contribution in [0.5, 0.6) is 0 Å². The maximum Gasteiger partial charge on any atom is 0.238 e. The van der Waals surface area contributed by atoms with Crippen molar-refractivity contribution >= 4 is 29.0 Å². The number of hydrogen-bond donors (Lipinski definition) is 2. The van der Waals surface area contributed by atoms with E-state index in [0.717, 1.165) is 31.4 Å². The SMILES string of the molecule is COC1CC(C)C2NC3CCN(CC(=O)Nc4ccc(C)cc4Cl)CC3C(=O)C2C1. The van der Waals surface area contributed by atoms with E-state index in [2.05, 4.69) is 22.5 Å². The number of rotatable bonds is 4. The Morgan fingerprint density at radius 2 is 2.13 bits per heavy atom. The number of halogens is 1. The molecule has 4 rings (SSSR count). The van der Waals surface area contributed by atoms with Crippen molar-refractivity contribution in [1.82, 2.24) is 10.2 Å². The first-order valence-corrected chi connectivity index (χ1v) is 11.3. The number of fused-ring (bicyclic) bond motifs is 2. The fourth-order valence-electron chi connectivity index (χ4n) is 5.54. The van der Waals surface area contributed by atoms with Crippen molar-refractivity contribution < 1.29 is 14.3 Å². The number of carbonyl (C=O) groups is 2. The number of nitrogens with zero attached hydrogens (tertiary/aromatic N) is 1. The molecule has 2 saturated heterocycles. The van der Waals surface area contributed by atoms with Gasteiger partial charge in [-0.25, -0.2) is 0 Å². The molecule has 1 aliphatic carbocycles. The summed E-state index contributed by atoms with van der Waals surface area (Å²) in [4.78, 5) is 28.0. The topological polar surface area (TPSA) is 70.7 Å². The van der Waals surface area contributed by atoms with Gasteiger partial charge in [-0.05, 0) is 49.8 Å². The van der Waals surface area contributed by atoms with Crippen LogP contribution in [0.25, 0.3) is 0 Å². The number of anilines is 1. The van der Waals surface area contributed by atoms with Crippen molar-refractivity contribution in [3.63, 3.8) is 0 Å². The van der Waals surface area contributed by atoms with Crippen LogP contribution in [0, 0.1) is 24.7 Å². The summed E-state index contributed by atoms with van der Waals surface area (Å²) in [5.41, 5.74) is 1.68. The predicted octanol–water partition coefficient (Wildman–Crippen LogP) is 2.88. The Balaban J connectivity index is 1.38. The fourth-order valence-corrected chi connectivity index (χ4v) is 5.82. The fraction of sp³-hybridized carbons (Fsp3) is 0.652. The van der Waals surface area contributed by atoms with Gasteiger partial charge in [-0.2, -0.15) is 0 Å². The minimum Gasteiger partial charge on any atom is -0.381 e. The van der Waals surface area contributed by atoms with Crippen LogP contribution in [0.3, 0.4) is 0 Å². The molecule has 1 saturated carbocycles. The lowest BCUT2D eigenvalue weighted by molar-refractivity contribution is -0.140. The van der Waals surface area contributed by atoms with E-state index in [1.54, 1.807) is 7.11 Å². The molecular formula is C23H32ClN3O3. The first kappa shape index (κ1) is 21.8. The molecule has 0 bridgehead atoms. The van der Waals surface area contributed by atoms with Crippen molar-refractivity contribution in [2.75, 3.05) is 32.1 Å². The lowest BCUT2D eigenvalue weighted by Crippen LogP contribution is -2.66. The summed E-state index contributed by atoms with van der Waals surface area (Å²) in [6, 6.07) is 6.06. The van der Waals surface area contributed by atoms with Crippen LogP contribution < -0.4 is 10.6 Å². The zero-order valence-electron chi connectivity index (χ0n) is 18.0. The van der Waals surface area contributed by atoms with Crippen LogP contribution in [0.2, 0.25) is 5.02 Å². The molecule has 3 fully saturated rings. The number of piperidine rings is 2. The molecule has 0 aromatic heterocycles. The third-order valence-electron chi connectivity index (χ3n) is 7.13. The van der Waals surface area contributed by atoms with Gasteiger partial charge < -0.3 is 15.4 Å². The number of hydrogen-bond acceptors (Lipinski definition) is 5. The maximum atomic E-state index is 13.4. The molecule has 2 heterocycles. The minimum absolute atomic E-state index is 0.0140. The highest BCUT2D eigenvalue weighted by molar-refractivity contribution is 6.33. The number of benzene rings is 1. The standard InChI is InChI=1S/C23H32ClN3O3/c1-13-4-5-20(18(24)8-13)25-21(28)12-27-7-6-19-17(11-27)23(29)16-10-15(30-3)9-14(2)22(16)26-19/h4-5,8,14-17,19,22,26H,6-7,9-12H2,1-3H3,(H,25,28). The number of nitrogens with one attached hydrogen (secondary N) is 2. The molecule has 7 heteroatoms. The van der Waals surface area contributed by atoms with Crippen molar-refractivity contribution in [2.24, 2.45) is 17.8 Å². The lowest BCUT2D eigenvalue weighted by atomic mass is 9.66. The monoisotopic (exact) mass is 433 g/mol. The van der Waals surface area contributed by atoms with Crippen molar-refractivity contribution in [3.05, 3.63) is 28.8 Å². The summed E-state index contributed by atoms with van der Waals surface area (Å²) < 4.78 is 5.59. The van der Waals surface area contributed by atoms with Crippen LogP contribution >= 0.6 is 11.6 Å². The van der Waals surface area contributed by atoms with Crippen molar-refractivity contribution in [1.29, 1.82) is 0 Å². The van der Waals surface area contributed by atoms with Crippen molar-refractivity contribution in [3.8, 4) is 0 Å². The molecule has 6 unspecified atom stereocenters. The molecule has 0 spiro atoms. The third kappa shape index (κ3) is 4.42. The zero-order chi connectivity index (χ0) is 21.4. The van der Waals surface area contributed by atoms with E-state index in [9.17, 15) is 9.59 Å². The van der Waals surface area contributed by atoms with Crippen LogP contribution in [-0.2, 0) is 14.3 Å². The van der Waals surface area contributed by atoms with E-state index in [0.29, 0.717) is 29.0 Å². The number of likely N-dealkylation sites (tertiary alicyclic amines) is 1. The number of ketones is 1. The van der Waals surface area contributed by atoms with Gasteiger partial charge in [0.15, 0.2) is 0 Å². The molecule has 2 aliphatic heterocycles. The van der Waals surface area contributed by atoms with Gasteiger partial charge in [0.2, 0.25) is 5.91 Å². The number of aryl methyl sites for hydroxylation is 1. The first-order valence-electron chi connectivity index (χ1n) is 11.0. The number of ether oxygens (including phenoxy) is 1. The number of methoxy groups -OCH3 is 1. The second kappa shape index (κ2) is 8.95. The van der Waals surface area contributed by atoms with Gasteiger partial charge in [0.1, 0.15) is 5.78 Å². The molecule has 1 aromatic rings. The molecule has 1 aromatic carbocycles. The van der Waals surface area contributed by atoms with Gasteiger partial charge in [0.05, 0.1) is 23.4 Å². The Kier molecular flexibility index (Phi) is 6.49. The molecule has 6 nitrogen and oxygen atoms in total. The summed E-state index contributed by atoms with van der Waals surface area (Å²) in [7, 11) is 1.74. The van der Waals surface area contributed by atoms with Crippen LogP contribution in [0.1, 0.15) is 31.7 Å². The molecule has 6 atom stereocenters. The number of Topliss-reactive ketones (excluding diaryl/α,β-unsaturated/α-hetero) is 1. The summed E-state index contributed by atoms with van der Waals surface area (Å²) in [5.74, 6) is 0.642. The van der Waals surface area contributed by atoms with Gasteiger partial charge in [-0.3, -0.25) is 14.5 Å². The second-order valence-electron chi connectivity index (χ2n) is 9.28. The van der Waals surface area contributed by atoms with Gasteiger partial charge >= 0.3 is 0 Å². The number of amides is 1. The molecule has 30 heavy (non-hydrogen) atoms. The second-order valence-corrected chi connectivity index (χ2v) is 9.68. The molecule has 2 N–H and O–H groups in total. The Labute approximate surface area is 183 Å². The highest BCUT2D eigenvalue weighted by Gasteiger charge is 2.49. The minimum atomic E-state index is -0.0981. The Morgan fingerprint density at radius 1 is 1.33 bits per heavy atom. The smallest absolute Gasteiger partial charge is 0.238 e. The molecule has 164 valence electrons. The lowest BCUT2D eigenvalue weighted by Gasteiger charge is -2.51. The van der Waals surface area contributed by atoms with E-state index >= 15 is 0 Å². The number of carbonyl (C=O) groups excluding carboxylic acids is 2. The van der Waals surface area contributed by atoms with Gasteiger partial charge in [-0.15, -0.1) is 0 Å². The van der Waals surface area contributed by atoms with Crippen LogP contribution in [-0.4, -0.2) is 61.5 Å². The molecular weight excluding hydrogens is 402 g/mol. The zero-order valence-corrected chi connectivity index (χ0v) is 18.7. The predicted molar refractivity (Wildman–Crippen MR) is 118 cm³/mol. The van der Waals surface area contributed by atoms with E-state index in [4.69, 9.17) is 16.3 Å². The van der Waals surface area contributed by atoms with Crippen LogP contribution in [0.15, 0.2) is 18.2 Å². The Morgan fingerprint density at radius 3 is 2.87 bits per heavy atom. The average Bonchev–Trinajstić information content (AvgIpc) is 2.71. The van der Waals surface area contributed by atoms with E-state index in [1.165, 1.54) is 0 Å². The molecule has 1 amide bonds. The third-order valence-corrected chi connectivity index (χ3v) is 7.44. The highest BCUT2D eigenvalue weighted by atomic mass is 35.5. The van der Waals surface area contributed by atoms with Gasteiger partial charge in [0.25, 0.3) is 0 Å². The summed E-state index contributed by atoms with van der Waals surface area (Å²) >= 11 is 6.24. The molecule has 0 radical (unpaired) electrons. The van der Waals surface area contributed by atoms with Crippen molar-refractivity contribution in [2.45, 2.75) is 51.3 Å². The molecule has 3 aliphatic rings. The summed E-state index contributed by atoms with van der Waals surface area (Å²) in [5, 5.41) is 7.23. The van der Waals surface area contributed by atoms with E-state index < -0.39 is 0 Å². The largest absolute Gasteiger partial charge is 0.381 e. The quantitative estimate of drug-likeness (QED) is 0.764. The Hall–Kier alpha value is -1.47. The van der Waals surface area contributed by atoms with E-state index in [-0.39, 0.29) is 42.5 Å². The summed E-state index contributed by atoms with van der Waals surface area (Å²) in [6.07, 6.45) is 2.85. The van der Waals surface area contributed by atoms with Gasteiger partial charge in [-0.1, -0.05) is 24.6 Å². The van der Waals surface area contributed by atoms with Gasteiger partial charge in [0, 0.05) is 44.1 Å². The summed E-state index contributed by atoms with van der Waals surface area (Å²) in [6.45, 7) is 5.89. The van der Waals surface area contributed by atoms with Crippen LogP contribution in [0.4, 0.5) is 5.69 Å².